The van der Waals surface area contributed by atoms with Crippen LogP contribution in [0.15, 0.2) is 35.5 Å². The zero-order valence-corrected chi connectivity index (χ0v) is 7.31. The van der Waals surface area contributed by atoms with E-state index in [9.17, 15) is 0 Å². The quantitative estimate of drug-likeness (QED) is 0.372. The molecule has 3 N–H and O–H groups in total. The van der Waals surface area contributed by atoms with Crippen LogP contribution in [0.25, 0.3) is 0 Å². The molecule has 0 aliphatic carbocycles. The zero-order chi connectivity index (χ0) is 9.68. The van der Waals surface area contributed by atoms with Crippen molar-refractivity contribution in [1.82, 2.24) is 5.48 Å². The van der Waals surface area contributed by atoms with Gasteiger partial charge in [0.05, 0.1) is 6.04 Å². The van der Waals surface area contributed by atoms with Crippen molar-refractivity contribution in [2.45, 2.75) is 13.0 Å². The molecular weight excluding hydrogens is 168 g/mol. The normalized spacial score (nSPS) is 14.2. The Hall–Kier alpha value is -1.39. The van der Waals surface area contributed by atoms with Crippen LogP contribution < -0.4 is 5.48 Å². The summed E-state index contributed by atoms with van der Waals surface area (Å²) in [6, 6.07) is 8.77. The Balaban J connectivity index is 2.93. The van der Waals surface area contributed by atoms with Crippen LogP contribution in [-0.4, -0.2) is 22.2 Å². The average Bonchev–Trinajstić information content (AvgIpc) is 2.20. The van der Waals surface area contributed by atoms with E-state index in [1.54, 1.807) is 6.92 Å². The van der Waals surface area contributed by atoms with Crippen molar-refractivity contribution < 1.29 is 10.4 Å². The Morgan fingerprint density at radius 2 is 2.00 bits per heavy atom. The molecule has 1 rings (SSSR count). The summed E-state index contributed by atoms with van der Waals surface area (Å²) < 4.78 is 0. The largest absolute Gasteiger partial charge is 0.411 e. The lowest BCUT2D eigenvalue weighted by atomic mass is 10.1. The fourth-order valence-electron chi connectivity index (χ4n) is 1.06. The third kappa shape index (κ3) is 2.27. The second-order valence-corrected chi connectivity index (χ2v) is 2.70. The van der Waals surface area contributed by atoms with Gasteiger partial charge in [-0.1, -0.05) is 35.5 Å². The Morgan fingerprint density at radius 3 is 2.46 bits per heavy atom. The highest BCUT2D eigenvalue weighted by Crippen LogP contribution is 2.03. The molecule has 0 heterocycles. The van der Waals surface area contributed by atoms with Gasteiger partial charge in [-0.3, -0.25) is 0 Å². The topological polar surface area (TPSA) is 64.8 Å². The van der Waals surface area contributed by atoms with Crippen molar-refractivity contribution in [3.63, 3.8) is 0 Å². The van der Waals surface area contributed by atoms with Gasteiger partial charge in [0.25, 0.3) is 0 Å². The van der Waals surface area contributed by atoms with Gasteiger partial charge in [0, 0.05) is 5.56 Å². The first kappa shape index (κ1) is 9.70. The van der Waals surface area contributed by atoms with Crippen LogP contribution in [0.1, 0.15) is 12.5 Å². The minimum atomic E-state index is -0.396. The smallest absolute Gasteiger partial charge is 0.106 e. The predicted octanol–water partition coefficient (Wildman–Crippen LogP) is 1.23. The number of hydroxylamine groups is 1. The zero-order valence-electron chi connectivity index (χ0n) is 7.31. The van der Waals surface area contributed by atoms with Crippen LogP contribution in [0, 0.1) is 0 Å². The summed E-state index contributed by atoms with van der Waals surface area (Å²) >= 11 is 0. The molecule has 1 aromatic carbocycles. The maximum absolute atomic E-state index is 8.72. The summed E-state index contributed by atoms with van der Waals surface area (Å²) in [5.41, 5.74) is 3.21. The molecule has 1 atom stereocenters. The molecule has 4 nitrogen and oxygen atoms in total. The van der Waals surface area contributed by atoms with Crippen molar-refractivity contribution in [3.05, 3.63) is 35.9 Å². The van der Waals surface area contributed by atoms with Gasteiger partial charge in [-0.25, -0.2) is 0 Å². The van der Waals surface area contributed by atoms with Gasteiger partial charge in [-0.15, -0.1) is 0 Å². The maximum atomic E-state index is 8.72. The molecule has 0 saturated heterocycles. The van der Waals surface area contributed by atoms with Gasteiger partial charge in [0.15, 0.2) is 0 Å². The van der Waals surface area contributed by atoms with Crippen LogP contribution in [-0.2, 0) is 0 Å². The highest BCUT2D eigenvalue weighted by molar-refractivity contribution is 6.03. The molecule has 70 valence electrons. The number of rotatable bonds is 3. The monoisotopic (exact) mass is 180 g/mol. The lowest BCUT2D eigenvalue weighted by Crippen LogP contribution is -2.31. The van der Waals surface area contributed by atoms with E-state index >= 15 is 0 Å². The van der Waals surface area contributed by atoms with Crippen LogP contribution in [0.4, 0.5) is 0 Å². The molecule has 4 heteroatoms. The molecule has 13 heavy (non-hydrogen) atoms. The van der Waals surface area contributed by atoms with Gasteiger partial charge >= 0.3 is 0 Å². The standard InChI is InChI=1S/C9H12N2O2/c1-7(10-12)9(11-13)8-5-3-2-4-6-8/h2-7,10,12-13H,1H3/b11-9+/t7-/m0/s1. The van der Waals surface area contributed by atoms with Gasteiger partial charge in [-0.2, -0.15) is 5.48 Å². The predicted molar refractivity (Wildman–Crippen MR) is 49.1 cm³/mol. The first-order valence-corrected chi connectivity index (χ1v) is 3.96. The van der Waals surface area contributed by atoms with Crippen molar-refractivity contribution >= 4 is 5.71 Å². The van der Waals surface area contributed by atoms with E-state index in [2.05, 4.69) is 5.16 Å². The molecule has 0 spiro atoms. The van der Waals surface area contributed by atoms with E-state index in [-0.39, 0.29) is 0 Å². The number of benzene rings is 1. The maximum Gasteiger partial charge on any atom is 0.106 e. The average molecular weight is 180 g/mol. The second kappa shape index (κ2) is 4.59. The molecule has 0 unspecified atom stereocenters. The summed E-state index contributed by atoms with van der Waals surface area (Å²) in [7, 11) is 0. The summed E-state index contributed by atoms with van der Waals surface area (Å²) in [5.74, 6) is 0. The highest BCUT2D eigenvalue weighted by atomic mass is 16.5. The first-order valence-electron chi connectivity index (χ1n) is 3.96. The SMILES string of the molecule is C[C@H](NO)/C(=N\O)c1ccccc1. The van der Waals surface area contributed by atoms with Crippen molar-refractivity contribution in [2.75, 3.05) is 0 Å². The number of nitrogens with zero attached hydrogens (tertiary/aromatic N) is 1. The fraction of sp³-hybridized carbons (Fsp3) is 0.222. The van der Waals surface area contributed by atoms with Gasteiger partial charge < -0.3 is 10.4 Å². The second-order valence-electron chi connectivity index (χ2n) is 2.70. The molecule has 0 aromatic heterocycles. The molecule has 0 aliphatic rings. The molecule has 0 amide bonds. The Bertz CT molecular complexity index is 285. The molecule has 0 aliphatic heterocycles. The summed E-state index contributed by atoms with van der Waals surface area (Å²) in [5, 5.41) is 20.5. The summed E-state index contributed by atoms with van der Waals surface area (Å²) in [4.78, 5) is 0. The molecule has 0 radical (unpaired) electrons. The Labute approximate surface area is 76.5 Å². The highest BCUT2D eigenvalue weighted by Gasteiger charge is 2.11. The number of hydrogen-bond donors (Lipinski definition) is 3. The Morgan fingerprint density at radius 1 is 1.38 bits per heavy atom. The van der Waals surface area contributed by atoms with E-state index in [4.69, 9.17) is 10.4 Å². The number of nitrogens with one attached hydrogen (secondary N) is 1. The van der Waals surface area contributed by atoms with Crippen LogP contribution >= 0.6 is 0 Å². The minimum absolute atomic E-state index is 0.396. The van der Waals surface area contributed by atoms with Crippen LogP contribution in [0.5, 0.6) is 0 Å². The molecular formula is C9H12N2O2. The van der Waals surface area contributed by atoms with Crippen LogP contribution in [0.3, 0.4) is 0 Å². The number of oxime groups is 1. The third-order valence-corrected chi connectivity index (χ3v) is 1.78. The summed E-state index contributed by atoms with van der Waals surface area (Å²) in [6.07, 6.45) is 0. The third-order valence-electron chi connectivity index (χ3n) is 1.78. The van der Waals surface area contributed by atoms with Gasteiger partial charge in [0.1, 0.15) is 5.71 Å². The van der Waals surface area contributed by atoms with Crippen molar-refractivity contribution in [1.29, 1.82) is 0 Å². The lowest BCUT2D eigenvalue weighted by molar-refractivity contribution is 0.154. The van der Waals surface area contributed by atoms with Crippen molar-refractivity contribution in [3.8, 4) is 0 Å². The van der Waals surface area contributed by atoms with Crippen molar-refractivity contribution in [2.24, 2.45) is 5.16 Å². The van der Waals surface area contributed by atoms with E-state index in [1.165, 1.54) is 0 Å². The summed E-state index contributed by atoms with van der Waals surface area (Å²) in [6.45, 7) is 1.70. The fourth-order valence-corrected chi connectivity index (χ4v) is 1.06. The van der Waals surface area contributed by atoms with Crippen LogP contribution in [0.2, 0.25) is 0 Å². The molecule has 0 saturated carbocycles. The molecule has 0 bridgehead atoms. The van der Waals surface area contributed by atoms with Gasteiger partial charge in [-0.05, 0) is 6.92 Å². The number of hydrogen-bond acceptors (Lipinski definition) is 4. The first-order chi connectivity index (χ1) is 6.29. The molecule has 1 aromatic rings. The Kier molecular flexibility index (Phi) is 3.42. The van der Waals surface area contributed by atoms with E-state index in [0.717, 1.165) is 5.56 Å². The van der Waals surface area contributed by atoms with E-state index < -0.39 is 6.04 Å². The molecule has 0 fully saturated rings. The van der Waals surface area contributed by atoms with E-state index in [0.29, 0.717) is 5.71 Å². The van der Waals surface area contributed by atoms with E-state index in [1.807, 2.05) is 35.8 Å². The lowest BCUT2D eigenvalue weighted by Gasteiger charge is -2.10. The van der Waals surface area contributed by atoms with Gasteiger partial charge in [0.2, 0.25) is 0 Å². The minimum Gasteiger partial charge on any atom is -0.411 e.